The Morgan fingerprint density at radius 1 is 1.32 bits per heavy atom. The molecule has 6 nitrogen and oxygen atoms in total. The average molecular weight is 258 g/mol. The quantitative estimate of drug-likeness (QED) is 0.638. The number of benzene rings is 1. The Morgan fingerprint density at radius 2 is 2.11 bits per heavy atom. The molecule has 2 heterocycles. The molecule has 0 radical (unpaired) electrons. The number of aliphatic hydroxyl groups excluding tert-OH is 1. The summed E-state index contributed by atoms with van der Waals surface area (Å²) in [7, 11) is 0. The molecule has 1 unspecified atom stereocenters. The van der Waals surface area contributed by atoms with E-state index in [-0.39, 0.29) is 5.88 Å². The summed E-state index contributed by atoms with van der Waals surface area (Å²) in [5.74, 6) is 0.0137. The number of nitro groups is 1. The van der Waals surface area contributed by atoms with Crippen LogP contribution in [-0.2, 0) is 0 Å². The van der Waals surface area contributed by atoms with Crippen molar-refractivity contribution in [3.8, 4) is 0 Å². The SMILES string of the molecule is O=[N+]([O-])c1ccc(/C=C2/c3ccccc3NC2O)o1. The minimum absolute atomic E-state index is 0.319. The van der Waals surface area contributed by atoms with E-state index in [1.54, 1.807) is 6.08 Å². The van der Waals surface area contributed by atoms with Gasteiger partial charge in [0.25, 0.3) is 0 Å². The standard InChI is InChI=1S/C13H10N2O4/c16-13-10(9-3-1-2-4-11(9)14-13)7-8-5-6-12(19-8)15(17)18/h1-7,13-14,16H/b10-7-. The molecule has 0 spiro atoms. The van der Waals surface area contributed by atoms with Crippen molar-refractivity contribution in [2.75, 3.05) is 5.32 Å². The van der Waals surface area contributed by atoms with Gasteiger partial charge in [0.15, 0.2) is 6.23 Å². The van der Waals surface area contributed by atoms with Crippen molar-refractivity contribution in [2.24, 2.45) is 0 Å². The van der Waals surface area contributed by atoms with E-state index in [0.717, 1.165) is 11.3 Å². The zero-order valence-electron chi connectivity index (χ0n) is 9.74. The molecule has 6 heteroatoms. The first-order valence-corrected chi connectivity index (χ1v) is 5.65. The van der Waals surface area contributed by atoms with Crippen molar-refractivity contribution in [3.05, 3.63) is 57.8 Å². The van der Waals surface area contributed by atoms with Crippen molar-refractivity contribution < 1.29 is 14.4 Å². The third-order valence-corrected chi connectivity index (χ3v) is 2.92. The van der Waals surface area contributed by atoms with Gasteiger partial charge < -0.3 is 14.8 Å². The molecular weight excluding hydrogens is 248 g/mol. The van der Waals surface area contributed by atoms with Crippen LogP contribution < -0.4 is 5.32 Å². The number of hydrogen-bond donors (Lipinski definition) is 2. The topological polar surface area (TPSA) is 88.5 Å². The van der Waals surface area contributed by atoms with Gasteiger partial charge in [0.2, 0.25) is 0 Å². The normalized spacial score (nSPS) is 19.2. The van der Waals surface area contributed by atoms with E-state index in [1.165, 1.54) is 12.1 Å². The highest BCUT2D eigenvalue weighted by Crippen LogP contribution is 2.35. The fraction of sp³-hybridized carbons (Fsp3) is 0.0769. The van der Waals surface area contributed by atoms with Crippen LogP contribution in [0.4, 0.5) is 11.6 Å². The molecule has 1 aromatic heterocycles. The van der Waals surface area contributed by atoms with Crippen LogP contribution in [0.1, 0.15) is 11.3 Å². The summed E-state index contributed by atoms with van der Waals surface area (Å²) in [5, 5.41) is 23.4. The third kappa shape index (κ3) is 1.98. The van der Waals surface area contributed by atoms with Gasteiger partial charge in [0.1, 0.15) is 10.7 Å². The number of nitrogens with one attached hydrogen (secondary N) is 1. The molecule has 19 heavy (non-hydrogen) atoms. The molecule has 1 atom stereocenters. The predicted molar refractivity (Wildman–Crippen MR) is 69.3 cm³/mol. The van der Waals surface area contributed by atoms with Crippen LogP contribution in [0.25, 0.3) is 11.6 Å². The van der Waals surface area contributed by atoms with Crippen LogP contribution >= 0.6 is 0 Å². The molecule has 0 amide bonds. The molecule has 0 aliphatic carbocycles. The monoisotopic (exact) mass is 258 g/mol. The Bertz CT molecular complexity index is 675. The summed E-state index contributed by atoms with van der Waals surface area (Å²) >= 11 is 0. The number of anilines is 1. The fourth-order valence-corrected chi connectivity index (χ4v) is 2.06. The minimum atomic E-state index is -0.846. The molecule has 0 bridgehead atoms. The van der Waals surface area contributed by atoms with E-state index in [2.05, 4.69) is 5.32 Å². The Labute approximate surface area is 108 Å². The first-order valence-electron chi connectivity index (χ1n) is 5.65. The van der Waals surface area contributed by atoms with Crippen LogP contribution in [0, 0.1) is 10.1 Å². The largest absolute Gasteiger partial charge is 0.433 e. The Kier molecular flexibility index (Phi) is 2.57. The van der Waals surface area contributed by atoms with Crippen molar-refractivity contribution in [3.63, 3.8) is 0 Å². The van der Waals surface area contributed by atoms with Crippen LogP contribution in [0.5, 0.6) is 0 Å². The van der Waals surface area contributed by atoms with Gasteiger partial charge in [-0.2, -0.15) is 0 Å². The van der Waals surface area contributed by atoms with E-state index >= 15 is 0 Å². The van der Waals surface area contributed by atoms with Crippen molar-refractivity contribution >= 4 is 23.2 Å². The molecule has 1 aliphatic heterocycles. The minimum Gasteiger partial charge on any atom is -0.401 e. The predicted octanol–water partition coefficient (Wildman–Crippen LogP) is 2.47. The zero-order valence-corrected chi connectivity index (χ0v) is 9.74. The first kappa shape index (κ1) is 11.5. The number of para-hydroxylation sites is 1. The smallest absolute Gasteiger partial charge is 0.401 e. The van der Waals surface area contributed by atoms with Gasteiger partial charge >= 0.3 is 5.88 Å². The molecule has 2 aromatic rings. The summed E-state index contributed by atoms with van der Waals surface area (Å²) in [6, 6.07) is 10.2. The maximum atomic E-state index is 10.5. The van der Waals surface area contributed by atoms with Gasteiger partial charge in [-0.1, -0.05) is 18.2 Å². The average Bonchev–Trinajstić information content (AvgIpc) is 2.96. The van der Waals surface area contributed by atoms with E-state index in [0.29, 0.717) is 11.3 Å². The van der Waals surface area contributed by atoms with E-state index in [4.69, 9.17) is 4.42 Å². The van der Waals surface area contributed by atoms with Gasteiger partial charge in [-0.05, 0) is 18.2 Å². The highest BCUT2D eigenvalue weighted by atomic mass is 16.6. The molecule has 1 aromatic carbocycles. The van der Waals surface area contributed by atoms with Crippen molar-refractivity contribution in [2.45, 2.75) is 6.23 Å². The van der Waals surface area contributed by atoms with E-state index in [1.807, 2.05) is 24.3 Å². The summed E-state index contributed by atoms with van der Waals surface area (Å²) in [6.07, 6.45) is 0.748. The van der Waals surface area contributed by atoms with Gasteiger partial charge in [0, 0.05) is 16.8 Å². The molecule has 0 saturated heterocycles. The van der Waals surface area contributed by atoms with Crippen molar-refractivity contribution in [1.29, 1.82) is 0 Å². The zero-order chi connectivity index (χ0) is 13.4. The maximum absolute atomic E-state index is 10.5. The Morgan fingerprint density at radius 3 is 2.84 bits per heavy atom. The van der Waals surface area contributed by atoms with E-state index < -0.39 is 11.2 Å². The number of aliphatic hydroxyl groups is 1. The number of fused-ring (bicyclic) bond motifs is 1. The van der Waals surface area contributed by atoms with Crippen LogP contribution in [0.3, 0.4) is 0 Å². The second-order valence-corrected chi connectivity index (χ2v) is 4.13. The molecular formula is C13H10N2O4. The molecule has 96 valence electrons. The van der Waals surface area contributed by atoms with Crippen LogP contribution in [-0.4, -0.2) is 16.3 Å². The molecule has 0 saturated carbocycles. The highest BCUT2D eigenvalue weighted by Gasteiger charge is 2.24. The lowest BCUT2D eigenvalue weighted by atomic mass is 10.1. The lowest BCUT2D eigenvalue weighted by molar-refractivity contribution is -0.402. The second-order valence-electron chi connectivity index (χ2n) is 4.13. The summed E-state index contributed by atoms with van der Waals surface area (Å²) in [6.45, 7) is 0. The molecule has 3 rings (SSSR count). The highest BCUT2D eigenvalue weighted by molar-refractivity contribution is 5.93. The van der Waals surface area contributed by atoms with Gasteiger partial charge in [-0.3, -0.25) is 10.1 Å². The lowest BCUT2D eigenvalue weighted by Crippen LogP contribution is -2.12. The number of hydrogen-bond acceptors (Lipinski definition) is 5. The molecule has 1 aliphatic rings. The summed E-state index contributed by atoms with van der Waals surface area (Å²) < 4.78 is 5.06. The van der Waals surface area contributed by atoms with Gasteiger partial charge in [-0.15, -0.1) is 0 Å². The number of nitrogens with zero attached hydrogens (tertiary/aromatic N) is 1. The fourth-order valence-electron chi connectivity index (χ4n) is 2.06. The van der Waals surface area contributed by atoms with Gasteiger partial charge in [-0.25, -0.2) is 0 Å². The Hall–Kier alpha value is -2.60. The van der Waals surface area contributed by atoms with Crippen LogP contribution in [0.2, 0.25) is 0 Å². The van der Waals surface area contributed by atoms with Gasteiger partial charge in [0.05, 0.1) is 6.07 Å². The number of furan rings is 1. The summed E-state index contributed by atoms with van der Waals surface area (Å²) in [5.41, 5.74) is 2.30. The summed E-state index contributed by atoms with van der Waals surface area (Å²) in [4.78, 5) is 9.95. The van der Waals surface area contributed by atoms with Crippen LogP contribution in [0.15, 0.2) is 40.8 Å². The number of rotatable bonds is 2. The molecule has 2 N–H and O–H groups in total. The maximum Gasteiger partial charge on any atom is 0.433 e. The lowest BCUT2D eigenvalue weighted by Gasteiger charge is -2.03. The second kappa shape index (κ2) is 4.25. The first-order chi connectivity index (χ1) is 9.15. The Balaban J connectivity index is 2.01. The van der Waals surface area contributed by atoms with E-state index in [9.17, 15) is 15.2 Å². The third-order valence-electron chi connectivity index (χ3n) is 2.92. The van der Waals surface area contributed by atoms with Crippen molar-refractivity contribution in [1.82, 2.24) is 0 Å². The molecule has 0 fully saturated rings.